The van der Waals surface area contributed by atoms with Crippen LogP contribution in [0.2, 0.25) is 5.02 Å². The van der Waals surface area contributed by atoms with E-state index in [0.717, 1.165) is 21.2 Å². The van der Waals surface area contributed by atoms with Gasteiger partial charge in [-0.2, -0.15) is 0 Å². The van der Waals surface area contributed by atoms with Crippen LogP contribution in [-0.4, -0.2) is 35.4 Å². The molecule has 0 saturated carbocycles. The zero-order chi connectivity index (χ0) is 23.1. The number of halogens is 2. The fourth-order valence-electron chi connectivity index (χ4n) is 3.33. The van der Waals surface area contributed by atoms with Gasteiger partial charge < -0.3 is 15.0 Å². The maximum absolute atomic E-state index is 13.2. The molecule has 0 saturated heterocycles. The molecule has 0 bridgehead atoms. The fourth-order valence-corrected chi connectivity index (χ4v) is 3.75. The summed E-state index contributed by atoms with van der Waals surface area (Å²) in [6.45, 7) is 9.68. The second-order valence-electron chi connectivity index (χ2n) is 7.86. The Kier molecular flexibility index (Phi) is 9.38. The van der Waals surface area contributed by atoms with Crippen molar-refractivity contribution in [1.29, 1.82) is 0 Å². The van der Waals surface area contributed by atoms with E-state index in [4.69, 9.17) is 16.3 Å². The van der Waals surface area contributed by atoms with Gasteiger partial charge >= 0.3 is 0 Å². The maximum Gasteiger partial charge on any atom is 0.261 e. The zero-order valence-corrected chi connectivity index (χ0v) is 21.0. The van der Waals surface area contributed by atoms with Crippen molar-refractivity contribution in [2.75, 3.05) is 6.61 Å². The third-order valence-corrected chi connectivity index (χ3v) is 6.51. The van der Waals surface area contributed by atoms with Crippen molar-refractivity contribution in [3.8, 4) is 5.75 Å². The molecule has 7 heteroatoms. The molecular weight excluding hydrogens is 480 g/mol. The lowest BCUT2D eigenvalue weighted by molar-refractivity contribution is -0.143. The standard InChI is InChI=1S/C24H30BrClN2O3/c1-6-21(24(30)27-15(2)3)28(13-18-9-7-8-10-20(18)26)22(29)14-31-19-11-16(4)23(25)17(5)12-19/h7-12,15,21H,6,13-14H2,1-5H3,(H,27,30)/t21-/m1/s1. The van der Waals surface area contributed by atoms with Crippen molar-refractivity contribution in [3.63, 3.8) is 0 Å². The summed E-state index contributed by atoms with van der Waals surface area (Å²) in [6, 6.07) is 10.4. The molecular formula is C24H30BrClN2O3. The van der Waals surface area contributed by atoms with Crippen LogP contribution in [0.4, 0.5) is 0 Å². The lowest BCUT2D eigenvalue weighted by Crippen LogP contribution is -2.51. The summed E-state index contributed by atoms with van der Waals surface area (Å²) in [4.78, 5) is 27.6. The first-order chi connectivity index (χ1) is 14.6. The molecule has 5 nitrogen and oxygen atoms in total. The third kappa shape index (κ3) is 6.97. The Balaban J connectivity index is 2.26. The highest BCUT2D eigenvalue weighted by Crippen LogP contribution is 2.26. The smallest absolute Gasteiger partial charge is 0.261 e. The third-order valence-electron chi connectivity index (χ3n) is 4.89. The van der Waals surface area contributed by atoms with Gasteiger partial charge in [-0.05, 0) is 69.0 Å². The molecule has 0 unspecified atom stereocenters. The Labute approximate surface area is 198 Å². The Morgan fingerprint density at radius 1 is 1.16 bits per heavy atom. The van der Waals surface area contributed by atoms with Gasteiger partial charge in [0.1, 0.15) is 11.8 Å². The van der Waals surface area contributed by atoms with E-state index in [1.807, 2.05) is 65.0 Å². The van der Waals surface area contributed by atoms with Crippen LogP contribution >= 0.6 is 27.5 Å². The first kappa shape index (κ1) is 25.2. The number of rotatable bonds is 9. The molecule has 0 aromatic heterocycles. The SMILES string of the molecule is CC[C@H](C(=O)NC(C)C)N(Cc1ccccc1Cl)C(=O)COc1cc(C)c(Br)c(C)c1. The minimum absolute atomic E-state index is 0.0243. The number of aryl methyl sites for hydroxylation is 2. The van der Waals surface area contributed by atoms with Gasteiger partial charge in [0, 0.05) is 22.1 Å². The summed E-state index contributed by atoms with van der Waals surface area (Å²) in [6.07, 6.45) is 0.477. The van der Waals surface area contributed by atoms with Gasteiger partial charge in [-0.3, -0.25) is 9.59 Å². The average molecular weight is 510 g/mol. The highest BCUT2D eigenvalue weighted by molar-refractivity contribution is 9.10. The van der Waals surface area contributed by atoms with Crippen LogP contribution in [0.15, 0.2) is 40.9 Å². The number of carbonyl (C=O) groups is 2. The summed E-state index contributed by atoms with van der Waals surface area (Å²) < 4.78 is 6.83. The quantitative estimate of drug-likeness (QED) is 0.490. The summed E-state index contributed by atoms with van der Waals surface area (Å²) in [5.41, 5.74) is 2.83. The molecule has 0 fully saturated rings. The number of benzene rings is 2. The van der Waals surface area contributed by atoms with Crippen LogP contribution in [0, 0.1) is 13.8 Å². The molecule has 0 spiro atoms. The lowest BCUT2D eigenvalue weighted by atomic mass is 10.1. The van der Waals surface area contributed by atoms with Crippen LogP contribution in [0.3, 0.4) is 0 Å². The van der Waals surface area contributed by atoms with Crippen molar-refractivity contribution in [2.24, 2.45) is 0 Å². The number of hydrogen-bond donors (Lipinski definition) is 1. The molecule has 2 aromatic rings. The summed E-state index contributed by atoms with van der Waals surface area (Å²) in [5, 5.41) is 3.47. The number of nitrogens with zero attached hydrogens (tertiary/aromatic N) is 1. The first-order valence-electron chi connectivity index (χ1n) is 10.4. The zero-order valence-electron chi connectivity index (χ0n) is 18.7. The largest absolute Gasteiger partial charge is 0.484 e. The molecule has 0 aliphatic carbocycles. The lowest BCUT2D eigenvalue weighted by Gasteiger charge is -2.31. The van der Waals surface area contributed by atoms with E-state index in [1.165, 1.54) is 0 Å². The summed E-state index contributed by atoms with van der Waals surface area (Å²) >= 11 is 9.87. The van der Waals surface area contributed by atoms with E-state index in [-0.39, 0.29) is 31.0 Å². The Morgan fingerprint density at radius 3 is 2.32 bits per heavy atom. The fraction of sp³-hybridized carbons (Fsp3) is 0.417. The normalized spacial score (nSPS) is 11.9. The van der Waals surface area contributed by atoms with Gasteiger partial charge in [-0.1, -0.05) is 52.7 Å². The summed E-state index contributed by atoms with van der Waals surface area (Å²) in [7, 11) is 0. The molecule has 0 aliphatic rings. The highest BCUT2D eigenvalue weighted by atomic mass is 79.9. The molecule has 2 amide bonds. The molecule has 0 aliphatic heterocycles. The topological polar surface area (TPSA) is 58.6 Å². The maximum atomic E-state index is 13.2. The minimum atomic E-state index is -0.622. The molecule has 0 radical (unpaired) electrons. The molecule has 168 valence electrons. The number of amides is 2. The van der Waals surface area contributed by atoms with Gasteiger partial charge in [0.25, 0.3) is 5.91 Å². The second-order valence-corrected chi connectivity index (χ2v) is 9.06. The molecule has 2 aromatic carbocycles. The monoisotopic (exact) mass is 508 g/mol. The van der Waals surface area contributed by atoms with Crippen molar-refractivity contribution in [2.45, 2.75) is 59.7 Å². The van der Waals surface area contributed by atoms with Crippen LogP contribution < -0.4 is 10.1 Å². The van der Waals surface area contributed by atoms with E-state index in [2.05, 4.69) is 21.2 Å². The Morgan fingerprint density at radius 2 is 1.77 bits per heavy atom. The Hall–Kier alpha value is -2.05. The molecule has 31 heavy (non-hydrogen) atoms. The van der Waals surface area contributed by atoms with Crippen molar-refractivity contribution in [3.05, 3.63) is 62.6 Å². The first-order valence-corrected chi connectivity index (χ1v) is 11.5. The molecule has 2 rings (SSSR count). The van der Waals surface area contributed by atoms with Gasteiger partial charge in [0.15, 0.2) is 6.61 Å². The number of hydrogen-bond acceptors (Lipinski definition) is 3. The van der Waals surface area contributed by atoms with Crippen LogP contribution in [0.1, 0.15) is 43.9 Å². The van der Waals surface area contributed by atoms with E-state index in [9.17, 15) is 9.59 Å². The van der Waals surface area contributed by atoms with E-state index >= 15 is 0 Å². The van der Waals surface area contributed by atoms with Crippen LogP contribution in [0.5, 0.6) is 5.75 Å². The van der Waals surface area contributed by atoms with Gasteiger partial charge in [-0.15, -0.1) is 0 Å². The number of carbonyl (C=O) groups excluding carboxylic acids is 2. The highest BCUT2D eigenvalue weighted by Gasteiger charge is 2.29. The van der Waals surface area contributed by atoms with E-state index in [0.29, 0.717) is 17.2 Å². The summed E-state index contributed by atoms with van der Waals surface area (Å²) in [5.74, 6) is 0.154. The Bertz CT molecular complexity index is 910. The van der Waals surface area contributed by atoms with Gasteiger partial charge in [0.2, 0.25) is 5.91 Å². The van der Waals surface area contributed by atoms with Crippen LogP contribution in [-0.2, 0) is 16.1 Å². The van der Waals surface area contributed by atoms with E-state index < -0.39 is 6.04 Å². The number of nitrogens with one attached hydrogen (secondary N) is 1. The predicted octanol–water partition coefficient (Wildman–Crippen LogP) is 5.43. The predicted molar refractivity (Wildman–Crippen MR) is 128 cm³/mol. The number of ether oxygens (including phenoxy) is 1. The average Bonchev–Trinajstić information content (AvgIpc) is 2.70. The van der Waals surface area contributed by atoms with Crippen LogP contribution in [0.25, 0.3) is 0 Å². The second kappa shape index (κ2) is 11.5. The van der Waals surface area contributed by atoms with E-state index in [1.54, 1.807) is 11.0 Å². The van der Waals surface area contributed by atoms with Crippen molar-refractivity contribution in [1.82, 2.24) is 10.2 Å². The minimum Gasteiger partial charge on any atom is -0.484 e. The molecule has 0 heterocycles. The molecule has 1 atom stereocenters. The van der Waals surface area contributed by atoms with Crippen molar-refractivity contribution >= 4 is 39.3 Å². The van der Waals surface area contributed by atoms with Gasteiger partial charge in [-0.25, -0.2) is 0 Å². The molecule has 1 N–H and O–H groups in total. The van der Waals surface area contributed by atoms with Crippen molar-refractivity contribution < 1.29 is 14.3 Å². The van der Waals surface area contributed by atoms with Gasteiger partial charge in [0.05, 0.1) is 0 Å².